The van der Waals surface area contributed by atoms with Crippen molar-refractivity contribution in [2.75, 3.05) is 4.90 Å². The smallest absolute Gasteiger partial charge is 0.269 e. The van der Waals surface area contributed by atoms with Gasteiger partial charge in [-0.15, -0.1) is 0 Å². The van der Waals surface area contributed by atoms with E-state index in [1.165, 1.54) is 12.1 Å². The lowest BCUT2D eigenvalue weighted by Gasteiger charge is -2.21. The zero-order valence-electron chi connectivity index (χ0n) is 20.7. The SMILES string of the molecule is O=C1C(=Cc2ccc(-c3ccc([N+](=O)[O-])cc3)o2)C=C(c2ccccc2)N1c1ccc(-c2ccccc2)cc1. The lowest BCUT2D eigenvalue weighted by molar-refractivity contribution is -0.384. The van der Waals surface area contributed by atoms with Crippen LogP contribution in [0, 0.1) is 10.1 Å². The lowest BCUT2D eigenvalue weighted by atomic mass is 10.0. The van der Waals surface area contributed by atoms with Crippen molar-refractivity contribution < 1.29 is 14.1 Å². The van der Waals surface area contributed by atoms with Crippen molar-refractivity contribution in [2.24, 2.45) is 0 Å². The molecule has 0 aliphatic carbocycles. The van der Waals surface area contributed by atoms with E-state index in [2.05, 4.69) is 12.1 Å². The monoisotopic (exact) mass is 510 g/mol. The van der Waals surface area contributed by atoms with Gasteiger partial charge in [-0.3, -0.25) is 19.8 Å². The number of amides is 1. The van der Waals surface area contributed by atoms with Crippen molar-refractivity contribution in [2.45, 2.75) is 0 Å². The van der Waals surface area contributed by atoms with Crippen LogP contribution >= 0.6 is 0 Å². The predicted molar refractivity (Wildman–Crippen MR) is 153 cm³/mol. The molecule has 0 unspecified atom stereocenters. The quantitative estimate of drug-likeness (QED) is 0.132. The summed E-state index contributed by atoms with van der Waals surface area (Å²) in [5.74, 6) is 0.911. The number of rotatable bonds is 6. The Labute approximate surface area is 224 Å². The van der Waals surface area contributed by atoms with E-state index in [0.717, 1.165) is 28.1 Å². The van der Waals surface area contributed by atoms with Gasteiger partial charge in [-0.05, 0) is 65.2 Å². The second-order valence-corrected chi connectivity index (χ2v) is 9.05. The van der Waals surface area contributed by atoms with E-state index in [4.69, 9.17) is 4.42 Å². The summed E-state index contributed by atoms with van der Waals surface area (Å²) < 4.78 is 5.98. The van der Waals surface area contributed by atoms with Crippen molar-refractivity contribution in [3.05, 3.63) is 154 Å². The molecule has 0 radical (unpaired) electrons. The fraction of sp³-hybridized carbons (Fsp3) is 0. The average molecular weight is 511 g/mol. The van der Waals surface area contributed by atoms with Crippen LogP contribution in [0.2, 0.25) is 0 Å². The Morgan fingerprint density at radius 3 is 1.90 bits per heavy atom. The van der Waals surface area contributed by atoms with E-state index in [-0.39, 0.29) is 11.6 Å². The molecule has 4 aromatic carbocycles. The van der Waals surface area contributed by atoms with E-state index >= 15 is 0 Å². The van der Waals surface area contributed by atoms with Gasteiger partial charge >= 0.3 is 0 Å². The van der Waals surface area contributed by atoms with Crippen LogP contribution in [-0.2, 0) is 4.79 Å². The largest absolute Gasteiger partial charge is 0.457 e. The molecule has 6 heteroatoms. The summed E-state index contributed by atoms with van der Waals surface area (Å²) in [6, 6.07) is 37.6. The molecule has 39 heavy (non-hydrogen) atoms. The van der Waals surface area contributed by atoms with Crippen molar-refractivity contribution in [3.8, 4) is 22.5 Å². The van der Waals surface area contributed by atoms with Gasteiger partial charge in [0.15, 0.2) is 0 Å². The Kier molecular flexibility index (Phi) is 6.19. The van der Waals surface area contributed by atoms with Crippen molar-refractivity contribution in [1.29, 1.82) is 0 Å². The third-order valence-corrected chi connectivity index (χ3v) is 6.57. The Bertz CT molecular complexity index is 1720. The molecule has 1 aliphatic heterocycles. The molecule has 1 aliphatic rings. The molecule has 0 N–H and O–H groups in total. The maximum absolute atomic E-state index is 13.7. The zero-order chi connectivity index (χ0) is 26.8. The molecule has 0 bridgehead atoms. The van der Waals surface area contributed by atoms with Crippen LogP contribution < -0.4 is 4.90 Å². The summed E-state index contributed by atoms with van der Waals surface area (Å²) in [5, 5.41) is 10.9. The molecule has 0 saturated carbocycles. The second-order valence-electron chi connectivity index (χ2n) is 9.05. The van der Waals surface area contributed by atoms with E-state index in [9.17, 15) is 14.9 Å². The number of anilines is 1. The molecule has 0 spiro atoms. The molecule has 0 fully saturated rings. The van der Waals surface area contributed by atoms with Crippen LogP contribution in [0.5, 0.6) is 0 Å². The minimum Gasteiger partial charge on any atom is -0.457 e. The van der Waals surface area contributed by atoms with E-state index in [1.54, 1.807) is 35.2 Å². The highest BCUT2D eigenvalue weighted by molar-refractivity contribution is 6.23. The summed E-state index contributed by atoms with van der Waals surface area (Å²) in [6.45, 7) is 0. The molecule has 1 aromatic heterocycles. The van der Waals surface area contributed by atoms with Crippen LogP contribution in [-0.4, -0.2) is 10.8 Å². The first-order valence-electron chi connectivity index (χ1n) is 12.4. The van der Waals surface area contributed by atoms with E-state index in [1.807, 2.05) is 78.9 Å². The van der Waals surface area contributed by atoms with Gasteiger partial charge in [0.1, 0.15) is 11.5 Å². The summed E-state index contributed by atoms with van der Waals surface area (Å²) in [7, 11) is 0. The van der Waals surface area contributed by atoms with E-state index in [0.29, 0.717) is 22.7 Å². The van der Waals surface area contributed by atoms with Gasteiger partial charge in [-0.25, -0.2) is 0 Å². The highest BCUT2D eigenvalue weighted by atomic mass is 16.6. The predicted octanol–water partition coefficient (Wildman–Crippen LogP) is 7.99. The first-order chi connectivity index (χ1) is 19.1. The number of hydrogen-bond acceptors (Lipinski definition) is 4. The summed E-state index contributed by atoms with van der Waals surface area (Å²) in [4.78, 5) is 26.0. The third kappa shape index (κ3) is 4.79. The topological polar surface area (TPSA) is 76.6 Å². The Hall–Kier alpha value is -5.49. The molecular weight excluding hydrogens is 488 g/mol. The van der Waals surface area contributed by atoms with Crippen LogP contribution in [0.15, 0.2) is 137 Å². The van der Waals surface area contributed by atoms with Gasteiger partial charge < -0.3 is 4.42 Å². The van der Waals surface area contributed by atoms with Gasteiger partial charge in [0.25, 0.3) is 11.6 Å². The third-order valence-electron chi connectivity index (χ3n) is 6.57. The number of hydrogen-bond donors (Lipinski definition) is 0. The zero-order valence-corrected chi connectivity index (χ0v) is 20.7. The highest BCUT2D eigenvalue weighted by Crippen LogP contribution is 2.36. The number of carbonyl (C=O) groups excluding carboxylic acids is 1. The fourth-order valence-corrected chi connectivity index (χ4v) is 4.61. The van der Waals surface area contributed by atoms with Gasteiger partial charge in [0.05, 0.1) is 10.6 Å². The van der Waals surface area contributed by atoms with Gasteiger partial charge in [-0.1, -0.05) is 72.8 Å². The van der Waals surface area contributed by atoms with Gasteiger partial charge in [0, 0.05) is 29.0 Å². The van der Waals surface area contributed by atoms with Crippen molar-refractivity contribution in [3.63, 3.8) is 0 Å². The minimum atomic E-state index is -0.439. The number of carbonyl (C=O) groups is 1. The summed E-state index contributed by atoms with van der Waals surface area (Å²) in [6.07, 6.45) is 3.59. The molecule has 5 aromatic rings. The minimum absolute atomic E-state index is 0.0136. The first-order valence-corrected chi connectivity index (χ1v) is 12.4. The number of nitro groups is 1. The Morgan fingerprint density at radius 2 is 1.26 bits per heavy atom. The molecule has 2 heterocycles. The van der Waals surface area contributed by atoms with Crippen LogP contribution in [0.3, 0.4) is 0 Å². The Morgan fingerprint density at radius 1 is 0.667 bits per heavy atom. The second kappa shape index (κ2) is 10.1. The van der Waals surface area contributed by atoms with Crippen LogP contribution in [0.25, 0.3) is 34.2 Å². The van der Waals surface area contributed by atoms with Crippen LogP contribution in [0.4, 0.5) is 11.4 Å². The average Bonchev–Trinajstić information content (AvgIpc) is 3.59. The molecule has 0 saturated heterocycles. The number of furan rings is 1. The molecule has 188 valence electrons. The van der Waals surface area contributed by atoms with Gasteiger partial charge in [-0.2, -0.15) is 0 Å². The standard InChI is InChI=1S/C33H22N2O4/c36-33-27(21-30-19-20-32(39-30)26-13-17-29(18-14-26)35(37)38)22-31(25-9-5-2-6-10-25)34(33)28-15-11-24(12-16-28)23-7-3-1-4-8-23/h1-22H. The molecule has 6 rings (SSSR count). The van der Waals surface area contributed by atoms with Gasteiger partial charge in [0.2, 0.25) is 0 Å². The first kappa shape index (κ1) is 23.9. The van der Waals surface area contributed by atoms with Crippen LogP contribution in [0.1, 0.15) is 11.3 Å². The van der Waals surface area contributed by atoms with Crippen molar-refractivity contribution >= 4 is 29.1 Å². The normalized spacial score (nSPS) is 14.1. The lowest BCUT2D eigenvalue weighted by Crippen LogP contribution is -2.24. The number of nitrogens with zero attached hydrogens (tertiary/aromatic N) is 2. The molecular formula is C33H22N2O4. The number of nitro benzene ring substituents is 1. The highest BCUT2D eigenvalue weighted by Gasteiger charge is 2.30. The Balaban J connectivity index is 1.33. The molecule has 6 nitrogen and oxygen atoms in total. The maximum Gasteiger partial charge on any atom is 0.269 e. The summed E-state index contributed by atoms with van der Waals surface area (Å²) in [5.41, 5.74) is 5.87. The molecule has 1 amide bonds. The van der Waals surface area contributed by atoms with E-state index < -0.39 is 4.92 Å². The number of benzene rings is 4. The fourth-order valence-electron chi connectivity index (χ4n) is 4.61. The molecule has 0 atom stereocenters. The number of non-ortho nitro benzene ring substituents is 1. The maximum atomic E-state index is 13.7. The van der Waals surface area contributed by atoms with Crippen molar-refractivity contribution in [1.82, 2.24) is 0 Å². The summed E-state index contributed by atoms with van der Waals surface area (Å²) >= 11 is 0.